The predicted molar refractivity (Wildman–Crippen MR) is 97.5 cm³/mol. The van der Waals surface area contributed by atoms with Gasteiger partial charge in [-0.05, 0) is 18.1 Å². The van der Waals surface area contributed by atoms with Crippen LogP contribution in [-0.4, -0.2) is 29.9 Å². The summed E-state index contributed by atoms with van der Waals surface area (Å²) in [6.07, 6.45) is 2.68. The average molecular weight is 354 g/mol. The maximum absolute atomic E-state index is 12.3. The van der Waals surface area contributed by atoms with Gasteiger partial charge in [0.05, 0.1) is 24.7 Å². The van der Waals surface area contributed by atoms with Gasteiger partial charge in [0.25, 0.3) is 5.95 Å². The van der Waals surface area contributed by atoms with E-state index in [2.05, 4.69) is 15.2 Å². The Labute approximate surface area is 147 Å². The van der Waals surface area contributed by atoms with E-state index < -0.39 is 10.0 Å². The van der Waals surface area contributed by atoms with Crippen LogP contribution in [0.25, 0.3) is 11.3 Å². The Bertz CT molecular complexity index is 975. The van der Waals surface area contributed by atoms with Crippen molar-refractivity contribution in [3.63, 3.8) is 0 Å². The fourth-order valence-corrected chi connectivity index (χ4v) is 3.23. The van der Waals surface area contributed by atoms with Gasteiger partial charge in [0, 0.05) is 5.56 Å². The Morgan fingerprint density at radius 1 is 1.00 bits per heavy atom. The minimum absolute atomic E-state index is 0.0621. The highest BCUT2D eigenvalue weighted by atomic mass is 32.2. The highest BCUT2D eigenvalue weighted by Gasteiger charge is 2.22. The van der Waals surface area contributed by atoms with E-state index >= 15 is 0 Å². The van der Waals surface area contributed by atoms with Gasteiger partial charge in [-0.3, -0.25) is 0 Å². The van der Waals surface area contributed by atoms with Gasteiger partial charge >= 0.3 is 0 Å². The Balaban J connectivity index is 2.03. The third-order valence-corrected chi connectivity index (χ3v) is 4.85. The molecule has 128 valence electrons. The topological polar surface area (TPSA) is 76.1 Å². The molecule has 1 heterocycles. The zero-order valence-corrected chi connectivity index (χ0v) is 14.8. The van der Waals surface area contributed by atoms with E-state index in [9.17, 15) is 8.42 Å². The molecule has 0 aliphatic rings. The van der Waals surface area contributed by atoms with Crippen molar-refractivity contribution >= 4 is 16.0 Å². The van der Waals surface area contributed by atoms with Crippen LogP contribution in [0.5, 0.6) is 0 Å². The first-order valence-corrected chi connectivity index (χ1v) is 9.57. The molecule has 2 aromatic carbocycles. The summed E-state index contributed by atoms with van der Waals surface area (Å²) in [4.78, 5) is 4.44. The quantitative estimate of drug-likeness (QED) is 0.704. The second-order valence-electron chi connectivity index (χ2n) is 5.71. The lowest BCUT2D eigenvalue weighted by atomic mass is 10.1. The number of aryl methyl sites for hydroxylation is 1. The standard InChI is InChI=1S/C18H18N4O2S/c1-14-8-6-7-11-16(14)17-12-19-21-18(20-17)22(25(2,23)24)13-15-9-4-3-5-10-15/h3-12H,13H2,1-2H3. The minimum Gasteiger partial charge on any atom is -0.232 e. The molecular weight excluding hydrogens is 336 g/mol. The smallest absolute Gasteiger partial charge is 0.232 e. The van der Waals surface area contributed by atoms with E-state index in [1.165, 1.54) is 6.20 Å². The maximum atomic E-state index is 12.3. The molecule has 6 nitrogen and oxygen atoms in total. The normalized spacial score (nSPS) is 11.3. The Hall–Kier alpha value is -2.80. The number of hydrogen-bond acceptors (Lipinski definition) is 5. The molecular formula is C18H18N4O2S. The Morgan fingerprint density at radius 2 is 1.68 bits per heavy atom. The molecule has 0 unspecified atom stereocenters. The monoisotopic (exact) mass is 354 g/mol. The fraction of sp³-hybridized carbons (Fsp3) is 0.167. The zero-order chi connectivity index (χ0) is 17.9. The van der Waals surface area contributed by atoms with Crippen molar-refractivity contribution in [2.75, 3.05) is 10.6 Å². The molecule has 0 aliphatic heterocycles. The molecule has 0 saturated heterocycles. The minimum atomic E-state index is -3.56. The molecule has 0 bridgehead atoms. The molecule has 25 heavy (non-hydrogen) atoms. The van der Waals surface area contributed by atoms with Crippen LogP contribution in [0.1, 0.15) is 11.1 Å². The first kappa shape index (κ1) is 17.0. The summed E-state index contributed by atoms with van der Waals surface area (Å²) in [6.45, 7) is 2.12. The SMILES string of the molecule is Cc1ccccc1-c1cnnc(N(Cc2ccccc2)S(C)(=O)=O)n1. The molecule has 0 spiro atoms. The first-order valence-electron chi connectivity index (χ1n) is 7.72. The van der Waals surface area contributed by atoms with Crippen molar-refractivity contribution in [3.8, 4) is 11.3 Å². The summed E-state index contributed by atoms with van der Waals surface area (Å²) in [5.41, 5.74) is 3.36. The van der Waals surface area contributed by atoms with Crippen LogP contribution in [0.15, 0.2) is 60.8 Å². The van der Waals surface area contributed by atoms with Gasteiger partial charge < -0.3 is 0 Å². The molecule has 0 aliphatic carbocycles. The van der Waals surface area contributed by atoms with Crippen molar-refractivity contribution in [2.45, 2.75) is 13.5 Å². The number of nitrogens with zero attached hydrogens (tertiary/aromatic N) is 4. The van der Waals surface area contributed by atoms with Crippen molar-refractivity contribution in [1.29, 1.82) is 0 Å². The molecule has 0 N–H and O–H groups in total. The van der Waals surface area contributed by atoms with Crippen LogP contribution in [-0.2, 0) is 16.6 Å². The summed E-state index contributed by atoms with van der Waals surface area (Å²) < 4.78 is 25.7. The molecule has 0 saturated carbocycles. The molecule has 3 rings (SSSR count). The van der Waals surface area contributed by atoms with E-state index in [4.69, 9.17) is 0 Å². The van der Waals surface area contributed by atoms with Crippen molar-refractivity contribution in [2.24, 2.45) is 0 Å². The zero-order valence-electron chi connectivity index (χ0n) is 14.0. The largest absolute Gasteiger partial charge is 0.259 e. The molecule has 0 atom stereocenters. The number of hydrogen-bond donors (Lipinski definition) is 0. The van der Waals surface area contributed by atoms with Crippen LogP contribution >= 0.6 is 0 Å². The van der Waals surface area contributed by atoms with Crippen molar-refractivity contribution in [3.05, 3.63) is 71.9 Å². The molecule has 0 radical (unpaired) electrons. The number of anilines is 1. The molecule has 0 fully saturated rings. The third kappa shape index (κ3) is 4.00. The van der Waals surface area contributed by atoms with Crippen LogP contribution < -0.4 is 4.31 Å². The summed E-state index contributed by atoms with van der Waals surface area (Å²) in [5, 5.41) is 7.90. The van der Waals surface area contributed by atoms with Gasteiger partial charge in [-0.1, -0.05) is 54.6 Å². The lowest BCUT2D eigenvalue weighted by molar-refractivity contribution is 0.594. The van der Waals surface area contributed by atoms with Crippen molar-refractivity contribution in [1.82, 2.24) is 15.2 Å². The lowest BCUT2D eigenvalue weighted by Crippen LogP contribution is -2.31. The third-order valence-electron chi connectivity index (χ3n) is 3.76. The van der Waals surface area contributed by atoms with E-state index in [1.54, 1.807) is 0 Å². The second kappa shape index (κ2) is 6.98. The summed E-state index contributed by atoms with van der Waals surface area (Å²) >= 11 is 0. The number of benzene rings is 2. The first-order chi connectivity index (χ1) is 11.9. The van der Waals surface area contributed by atoms with Crippen LogP contribution in [0.4, 0.5) is 5.95 Å². The van der Waals surface area contributed by atoms with Gasteiger partial charge in [-0.25, -0.2) is 17.7 Å². The van der Waals surface area contributed by atoms with Crippen LogP contribution in [0.2, 0.25) is 0 Å². The highest BCUT2D eigenvalue weighted by Crippen LogP contribution is 2.23. The van der Waals surface area contributed by atoms with E-state index in [0.29, 0.717) is 5.69 Å². The van der Waals surface area contributed by atoms with Gasteiger partial charge in [0.2, 0.25) is 10.0 Å². The summed E-state index contributed by atoms with van der Waals surface area (Å²) in [6, 6.07) is 17.0. The van der Waals surface area contributed by atoms with Crippen molar-refractivity contribution < 1.29 is 8.42 Å². The van der Waals surface area contributed by atoms with Gasteiger partial charge in [-0.15, -0.1) is 5.10 Å². The highest BCUT2D eigenvalue weighted by molar-refractivity contribution is 7.92. The number of sulfonamides is 1. The summed E-state index contributed by atoms with van der Waals surface area (Å²) in [5.74, 6) is 0.0621. The average Bonchev–Trinajstić information content (AvgIpc) is 2.60. The Kier molecular flexibility index (Phi) is 4.76. The van der Waals surface area contributed by atoms with Crippen LogP contribution in [0, 0.1) is 6.92 Å². The summed E-state index contributed by atoms with van der Waals surface area (Å²) in [7, 11) is -3.56. The van der Waals surface area contributed by atoms with E-state index in [1.807, 2.05) is 61.5 Å². The Morgan fingerprint density at radius 3 is 2.36 bits per heavy atom. The number of rotatable bonds is 5. The second-order valence-corrected chi connectivity index (χ2v) is 7.62. The van der Waals surface area contributed by atoms with Crippen LogP contribution in [0.3, 0.4) is 0 Å². The lowest BCUT2D eigenvalue weighted by Gasteiger charge is -2.20. The van der Waals surface area contributed by atoms with E-state index in [0.717, 1.165) is 27.3 Å². The molecule has 3 aromatic rings. The molecule has 7 heteroatoms. The van der Waals surface area contributed by atoms with Gasteiger partial charge in [0.1, 0.15) is 0 Å². The van der Waals surface area contributed by atoms with Gasteiger partial charge in [-0.2, -0.15) is 5.10 Å². The molecule has 1 aromatic heterocycles. The fourth-order valence-electron chi connectivity index (χ4n) is 2.48. The van der Waals surface area contributed by atoms with Gasteiger partial charge in [0.15, 0.2) is 0 Å². The maximum Gasteiger partial charge on any atom is 0.259 e. The number of aromatic nitrogens is 3. The molecule has 0 amide bonds. The van der Waals surface area contributed by atoms with E-state index in [-0.39, 0.29) is 12.5 Å². The predicted octanol–water partition coefficient (Wildman–Crippen LogP) is 2.81.